The Bertz CT molecular complexity index is 945. The SMILES string of the molecule is CC(NC(=O)c1cc(S(=O)(=O)NC2CC2)ccc1Br)c1cccc(F)c1. The fourth-order valence-corrected chi connectivity index (χ4v) is 4.23. The first-order chi connectivity index (χ1) is 12.3. The maximum atomic E-state index is 13.4. The molecule has 1 aliphatic carbocycles. The van der Waals surface area contributed by atoms with Gasteiger partial charge in [0.15, 0.2) is 0 Å². The van der Waals surface area contributed by atoms with E-state index >= 15 is 0 Å². The van der Waals surface area contributed by atoms with E-state index in [1.54, 1.807) is 19.1 Å². The van der Waals surface area contributed by atoms with Gasteiger partial charge in [0.2, 0.25) is 10.0 Å². The summed E-state index contributed by atoms with van der Waals surface area (Å²) in [6, 6.07) is 9.82. The van der Waals surface area contributed by atoms with Crippen molar-refractivity contribution in [1.29, 1.82) is 0 Å². The third-order valence-corrected chi connectivity index (χ3v) is 6.30. The Morgan fingerprint density at radius 1 is 1.23 bits per heavy atom. The largest absolute Gasteiger partial charge is 0.345 e. The highest BCUT2D eigenvalue weighted by Crippen LogP contribution is 2.25. The van der Waals surface area contributed by atoms with Crippen molar-refractivity contribution in [3.63, 3.8) is 0 Å². The van der Waals surface area contributed by atoms with E-state index < -0.39 is 22.0 Å². The summed E-state index contributed by atoms with van der Waals surface area (Å²) < 4.78 is 41.1. The molecule has 0 heterocycles. The van der Waals surface area contributed by atoms with Crippen molar-refractivity contribution in [3.8, 4) is 0 Å². The quantitative estimate of drug-likeness (QED) is 0.721. The molecule has 2 aromatic rings. The van der Waals surface area contributed by atoms with E-state index in [1.807, 2.05) is 0 Å². The third-order valence-electron chi connectivity index (χ3n) is 4.09. The Labute approximate surface area is 160 Å². The number of hydrogen-bond acceptors (Lipinski definition) is 3. The number of carbonyl (C=O) groups excluding carboxylic acids is 1. The molecule has 0 saturated heterocycles. The van der Waals surface area contributed by atoms with Gasteiger partial charge in [0, 0.05) is 10.5 Å². The monoisotopic (exact) mass is 440 g/mol. The summed E-state index contributed by atoms with van der Waals surface area (Å²) in [5.74, 6) is -0.832. The lowest BCUT2D eigenvalue weighted by Gasteiger charge is -2.16. The minimum atomic E-state index is -3.66. The van der Waals surface area contributed by atoms with E-state index in [1.165, 1.54) is 30.3 Å². The minimum Gasteiger partial charge on any atom is -0.345 e. The van der Waals surface area contributed by atoms with Crippen LogP contribution in [0.3, 0.4) is 0 Å². The second kappa shape index (κ2) is 7.46. The van der Waals surface area contributed by atoms with Crippen LogP contribution in [0.2, 0.25) is 0 Å². The topological polar surface area (TPSA) is 75.3 Å². The molecule has 3 rings (SSSR count). The number of rotatable bonds is 6. The number of carbonyl (C=O) groups is 1. The van der Waals surface area contributed by atoms with Gasteiger partial charge in [0.25, 0.3) is 5.91 Å². The summed E-state index contributed by atoms with van der Waals surface area (Å²) in [6.07, 6.45) is 1.66. The van der Waals surface area contributed by atoms with Crippen LogP contribution in [0.4, 0.5) is 4.39 Å². The van der Waals surface area contributed by atoms with Crippen molar-refractivity contribution in [2.75, 3.05) is 0 Å². The van der Waals surface area contributed by atoms with Gasteiger partial charge in [-0.1, -0.05) is 12.1 Å². The Morgan fingerprint density at radius 3 is 2.62 bits per heavy atom. The molecule has 0 radical (unpaired) electrons. The molecule has 5 nitrogen and oxygen atoms in total. The molecule has 1 atom stereocenters. The van der Waals surface area contributed by atoms with Crippen LogP contribution in [0.1, 0.15) is 41.7 Å². The predicted molar refractivity (Wildman–Crippen MR) is 99.8 cm³/mol. The van der Waals surface area contributed by atoms with Crippen LogP contribution in [0, 0.1) is 5.82 Å². The number of nitrogens with one attached hydrogen (secondary N) is 2. The van der Waals surface area contributed by atoms with Crippen LogP contribution in [0.25, 0.3) is 0 Å². The van der Waals surface area contributed by atoms with Gasteiger partial charge in [-0.25, -0.2) is 17.5 Å². The molecule has 2 aromatic carbocycles. The summed E-state index contributed by atoms with van der Waals surface area (Å²) in [6.45, 7) is 1.73. The molecule has 1 aliphatic rings. The van der Waals surface area contributed by atoms with Gasteiger partial charge >= 0.3 is 0 Å². The van der Waals surface area contributed by atoms with Gasteiger partial charge in [0.1, 0.15) is 5.82 Å². The molecule has 0 aliphatic heterocycles. The zero-order valence-electron chi connectivity index (χ0n) is 14.0. The number of amides is 1. The number of benzene rings is 2. The molecule has 26 heavy (non-hydrogen) atoms. The Morgan fingerprint density at radius 2 is 1.96 bits per heavy atom. The van der Waals surface area contributed by atoms with Crippen molar-refractivity contribution >= 4 is 31.9 Å². The first-order valence-electron chi connectivity index (χ1n) is 8.14. The zero-order chi connectivity index (χ0) is 18.9. The molecule has 1 unspecified atom stereocenters. The summed E-state index contributed by atoms with van der Waals surface area (Å²) in [4.78, 5) is 12.6. The summed E-state index contributed by atoms with van der Waals surface area (Å²) >= 11 is 3.28. The van der Waals surface area contributed by atoms with Gasteiger partial charge in [-0.3, -0.25) is 4.79 Å². The Kier molecular flexibility index (Phi) is 5.45. The van der Waals surface area contributed by atoms with Gasteiger partial charge < -0.3 is 5.32 Å². The van der Waals surface area contributed by atoms with E-state index in [9.17, 15) is 17.6 Å². The maximum absolute atomic E-state index is 13.4. The van der Waals surface area contributed by atoms with E-state index in [0.717, 1.165) is 12.8 Å². The molecular weight excluding hydrogens is 423 g/mol. The first kappa shape index (κ1) is 19.0. The Balaban J connectivity index is 1.81. The van der Waals surface area contributed by atoms with E-state index in [-0.39, 0.29) is 22.3 Å². The van der Waals surface area contributed by atoms with Crippen LogP contribution in [-0.4, -0.2) is 20.4 Å². The van der Waals surface area contributed by atoms with Gasteiger partial charge in [0.05, 0.1) is 16.5 Å². The summed E-state index contributed by atoms with van der Waals surface area (Å²) in [5, 5.41) is 2.76. The van der Waals surface area contributed by atoms with Crippen molar-refractivity contribution in [2.24, 2.45) is 0 Å². The van der Waals surface area contributed by atoms with Crippen LogP contribution in [-0.2, 0) is 10.0 Å². The number of halogens is 2. The molecule has 2 N–H and O–H groups in total. The predicted octanol–water partition coefficient (Wildman–Crippen LogP) is 3.52. The highest BCUT2D eigenvalue weighted by molar-refractivity contribution is 9.10. The van der Waals surface area contributed by atoms with E-state index in [0.29, 0.717) is 10.0 Å². The third kappa shape index (κ3) is 4.49. The molecule has 1 saturated carbocycles. The average Bonchev–Trinajstić information content (AvgIpc) is 3.38. The molecule has 0 aromatic heterocycles. The number of sulfonamides is 1. The lowest BCUT2D eigenvalue weighted by atomic mass is 10.1. The highest BCUT2D eigenvalue weighted by atomic mass is 79.9. The minimum absolute atomic E-state index is 0.0195. The van der Waals surface area contributed by atoms with Crippen LogP contribution in [0.5, 0.6) is 0 Å². The van der Waals surface area contributed by atoms with Crippen molar-refractivity contribution < 1.29 is 17.6 Å². The van der Waals surface area contributed by atoms with Crippen LogP contribution >= 0.6 is 15.9 Å². The number of hydrogen-bond donors (Lipinski definition) is 2. The second-order valence-corrected chi connectivity index (χ2v) is 8.86. The molecule has 1 amide bonds. The zero-order valence-corrected chi connectivity index (χ0v) is 16.4. The summed E-state index contributed by atoms with van der Waals surface area (Å²) in [7, 11) is -3.66. The van der Waals surface area contributed by atoms with Crippen molar-refractivity contribution in [3.05, 3.63) is 63.9 Å². The fourth-order valence-electron chi connectivity index (χ4n) is 2.47. The summed E-state index contributed by atoms with van der Waals surface area (Å²) in [5.41, 5.74) is 0.820. The molecule has 138 valence electrons. The first-order valence-corrected chi connectivity index (χ1v) is 10.4. The van der Waals surface area contributed by atoms with E-state index in [2.05, 4.69) is 26.0 Å². The normalized spacial score (nSPS) is 15.5. The van der Waals surface area contributed by atoms with Crippen LogP contribution in [0.15, 0.2) is 51.8 Å². The van der Waals surface area contributed by atoms with Crippen molar-refractivity contribution in [2.45, 2.75) is 36.7 Å². The van der Waals surface area contributed by atoms with Crippen LogP contribution < -0.4 is 10.0 Å². The van der Waals surface area contributed by atoms with Gasteiger partial charge in [-0.05, 0) is 71.6 Å². The lowest BCUT2D eigenvalue weighted by Crippen LogP contribution is -2.28. The van der Waals surface area contributed by atoms with Gasteiger partial charge in [-0.15, -0.1) is 0 Å². The molecular formula is C18H18BrFN2O3S. The highest BCUT2D eigenvalue weighted by Gasteiger charge is 2.28. The second-order valence-electron chi connectivity index (χ2n) is 6.29. The molecule has 1 fully saturated rings. The van der Waals surface area contributed by atoms with E-state index in [4.69, 9.17) is 0 Å². The van der Waals surface area contributed by atoms with Gasteiger partial charge in [-0.2, -0.15) is 0 Å². The lowest BCUT2D eigenvalue weighted by molar-refractivity contribution is 0.0939. The molecule has 8 heteroatoms. The average molecular weight is 441 g/mol. The molecule has 0 spiro atoms. The Hall–Kier alpha value is -1.77. The van der Waals surface area contributed by atoms with Crippen molar-refractivity contribution in [1.82, 2.24) is 10.0 Å². The molecule has 0 bridgehead atoms. The maximum Gasteiger partial charge on any atom is 0.252 e. The standard InChI is InChI=1S/C18H18BrFN2O3S/c1-11(12-3-2-4-13(20)9-12)21-18(23)16-10-15(7-8-17(16)19)26(24,25)22-14-5-6-14/h2-4,7-11,14,22H,5-6H2,1H3,(H,21,23). The smallest absolute Gasteiger partial charge is 0.252 e. The fraction of sp³-hybridized carbons (Fsp3) is 0.278.